The molecular formula is C14H19BrN2O3. The number of amides is 1. The summed E-state index contributed by atoms with van der Waals surface area (Å²) in [5, 5.41) is 0.833. The molecule has 1 aromatic heterocycles. The highest BCUT2D eigenvalue weighted by Crippen LogP contribution is 2.16. The van der Waals surface area contributed by atoms with Crippen LogP contribution in [-0.4, -0.2) is 46.5 Å². The standard InChI is InChI=1S/C14H19BrN2O3/c1-16-6-2-11(10-13(16)18)14(19)17-7-3-12(4-8-17)20-9-5-15/h2,6,10,12H,3-5,7-9H2,1H3. The number of piperidine rings is 1. The van der Waals surface area contributed by atoms with Gasteiger partial charge in [0.1, 0.15) is 0 Å². The van der Waals surface area contributed by atoms with Crippen molar-refractivity contribution in [2.45, 2.75) is 18.9 Å². The van der Waals surface area contributed by atoms with Crippen molar-refractivity contribution in [2.75, 3.05) is 25.0 Å². The first-order valence-corrected chi connectivity index (χ1v) is 7.87. The van der Waals surface area contributed by atoms with Gasteiger partial charge in [0.2, 0.25) is 0 Å². The minimum absolute atomic E-state index is 0.0679. The normalized spacial score (nSPS) is 16.4. The molecule has 2 heterocycles. The third-order valence-electron chi connectivity index (χ3n) is 3.51. The van der Waals surface area contributed by atoms with Gasteiger partial charge in [-0.15, -0.1) is 0 Å². The summed E-state index contributed by atoms with van der Waals surface area (Å²) in [6.45, 7) is 2.06. The first kappa shape index (κ1) is 15.3. The second-order valence-corrected chi connectivity index (χ2v) is 5.71. The number of carbonyl (C=O) groups is 1. The predicted octanol–water partition coefficient (Wildman–Crippen LogP) is 1.40. The highest BCUT2D eigenvalue weighted by atomic mass is 79.9. The molecule has 6 heteroatoms. The minimum atomic E-state index is -0.161. The van der Waals surface area contributed by atoms with Crippen LogP contribution >= 0.6 is 15.9 Å². The van der Waals surface area contributed by atoms with E-state index in [1.807, 2.05) is 0 Å². The fourth-order valence-corrected chi connectivity index (χ4v) is 2.49. The summed E-state index contributed by atoms with van der Waals surface area (Å²) in [6.07, 6.45) is 3.56. The number of aryl methyl sites for hydroxylation is 1. The SMILES string of the molecule is Cn1ccc(C(=O)N2CCC(OCCBr)CC2)cc1=O. The van der Waals surface area contributed by atoms with E-state index < -0.39 is 0 Å². The van der Waals surface area contributed by atoms with Crippen LogP contribution in [-0.2, 0) is 11.8 Å². The van der Waals surface area contributed by atoms with Crippen molar-refractivity contribution in [1.29, 1.82) is 0 Å². The molecule has 1 fully saturated rings. The van der Waals surface area contributed by atoms with E-state index in [1.54, 1.807) is 24.2 Å². The van der Waals surface area contributed by atoms with Gasteiger partial charge in [-0.2, -0.15) is 0 Å². The van der Waals surface area contributed by atoms with Crippen LogP contribution in [0.1, 0.15) is 23.2 Å². The van der Waals surface area contributed by atoms with Crippen LogP contribution in [0.15, 0.2) is 23.1 Å². The van der Waals surface area contributed by atoms with Crippen LogP contribution in [0.5, 0.6) is 0 Å². The van der Waals surface area contributed by atoms with Crippen LogP contribution in [0, 0.1) is 0 Å². The molecule has 0 radical (unpaired) electrons. The molecular weight excluding hydrogens is 324 g/mol. The number of nitrogens with zero attached hydrogens (tertiary/aromatic N) is 2. The number of carbonyl (C=O) groups excluding carboxylic acids is 1. The van der Waals surface area contributed by atoms with Gasteiger partial charge in [0.05, 0.1) is 12.7 Å². The maximum Gasteiger partial charge on any atom is 0.254 e. The maximum absolute atomic E-state index is 12.3. The summed E-state index contributed by atoms with van der Waals surface area (Å²) < 4.78 is 7.12. The number of ether oxygens (including phenoxy) is 1. The number of halogens is 1. The van der Waals surface area contributed by atoms with Gasteiger partial charge in [-0.05, 0) is 18.9 Å². The van der Waals surface area contributed by atoms with Crippen molar-refractivity contribution in [3.63, 3.8) is 0 Å². The maximum atomic E-state index is 12.3. The van der Waals surface area contributed by atoms with E-state index in [1.165, 1.54) is 10.6 Å². The third-order valence-corrected chi connectivity index (χ3v) is 3.83. The lowest BCUT2D eigenvalue weighted by molar-refractivity contribution is 0.0160. The lowest BCUT2D eigenvalue weighted by Crippen LogP contribution is -2.41. The molecule has 1 amide bonds. The van der Waals surface area contributed by atoms with Gasteiger partial charge in [-0.3, -0.25) is 9.59 Å². The van der Waals surface area contributed by atoms with Gasteiger partial charge < -0.3 is 14.2 Å². The molecule has 5 nitrogen and oxygen atoms in total. The first-order chi connectivity index (χ1) is 9.61. The molecule has 20 heavy (non-hydrogen) atoms. The van der Waals surface area contributed by atoms with Gasteiger partial charge in [0.25, 0.3) is 11.5 Å². The molecule has 0 saturated carbocycles. The van der Waals surface area contributed by atoms with E-state index in [4.69, 9.17) is 4.74 Å². The van der Waals surface area contributed by atoms with Crippen molar-refractivity contribution < 1.29 is 9.53 Å². The zero-order valence-electron chi connectivity index (χ0n) is 11.5. The van der Waals surface area contributed by atoms with Gasteiger partial charge in [0, 0.05) is 43.3 Å². The molecule has 1 aliphatic rings. The topological polar surface area (TPSA) is 51.5 Å². The van der Waals surface area contributed by atoms with Crippen molar-refractivity contribution in [1.82, 2.24) is 9.47 Å². The van der Waals surface area contributed by atoms with Crippen LogP contribution in [0.2, 0.25) is 0 Å². The van der Waals surface area contributed by atoms with Gasteiger partial charge in [0.15, 0.2) is 0 Å². The second kappa shape index (κ2) is 7.04. The summed E-state index contributed by atoms with van der Waals surface area (Å²) in [5.41, 5.74) is 0.305. The summed E-state index contributed by atoms with van der Waals surface area (Å²) >= 11 is 3.33. The summed E-state index contributed by atoms with van der Waals surface area (Å²) in [4.78, 5) is 25.7. The molecule has 0 aliphatic carbocycles. The largest absolute Gasteiger partial charge is 0.377 e. The summed E-state index contributed by atoms with van der Waals surface area (Å²) in [6, 6.07) is 3.09. The quantitative estimate of drug-likeness (QED) is 0.777. The van der Waals surface area contributed by atoms with E-state index in [-0.39, 0.29) is 17.6 Å². The molecule has 1 saturated heterocycles. The number of hydrogen-bond acceptors (Lipinski definition) is 3. The lowest BCUT2D eigenvalue weighted by atomic mass is 10.1. The van der Waals surface area contributed by atoms with Crippen LogP contribution in [0.25, 0.3) is 0 Å². The second-order valence-electron chi connectivity index (χ2n) is 4.92. The molecule has 2 rings (SSSR count). The molecule has 1 aliphatic heterocycles. The molecule has 0 atom stereocenters. The van der Waals surface area contributed by atoms with Gasteiger partial charge in [-0.25, -0.2) is 0 Å². The van der Waals surface area contributed by atoms with Gasteiger partial charge in [-0.1, -0.05) is 15.9 Å². The Morgan fingerprint density at radius 2 is 2.15 bits per heavy atom. The van der Waals surface area contributed by atoms with E-state index in [0.29, 0.717) is 25.3 Å². The fraction of sp³-hybridized carbons (Fsp3) is 0.571. The van der Waals surface area contributed by atoms with E-state index in [2.05, 4.69) is 15.9 Å². The Balaban J connectivity index is 1.94. The highest BCUT2D eigenvalue weighted by Gasteiger charge is 2.24. The average Bonchev–Trinajstić information content (AvgIpc) is 2.48. The molecule has 0 bridgehead atoms. The zero-order valence-corrected chi connectivity index (χ0v) is 13.1. The molecule has 0 spiro atoms. The Labute approximate surface area is 126 Å². The Hall–Kier alpha value is -1.14. The van der Waals surface area contributed by atoms with Crippen molar-refractivity contribution in [3.05, 3.63) is 34.2 Å². The average molecular weight is 343 g/mol. The monoisotopic (exact) mass is 342 g/mol. The van der Waals surface area contributed by atoms with Crippen molar-refractivity contribution in [2.24, 2.45) is 7.05 Å². The first-order valence-electron chi connectivity index (χ1n) is 6.75. The number of alkyl halides is 1. The Kier molecular flexibility index (Phi) is 5.37. The third kappa shape index (κ3) is 3.70. The van der Waals surface area contributed by atoms with Gasteiger partial charge >= 0.3 is 0 Å². The van der Waals surface area contributed by atoms with E-state index in [9.17, 15) is 9.59 Å². The highest BCUT2D eigenvalue weighted by molar-refractivity contribution is 9.09. The molecule has 110 valence electrons. The summed E-state index contributed by atoms with van der Waals surface area (Å²) in [7, 11) is 1.67. The minimum Gasteiger partial charge on any atom is -0.377 e. The Morgan fingerprint density at radius 3 is 2.75 bits per heavy atom. The molecule has 1 aromatic rings. The number of pyridine rings is 1. The zero-order chi connectivity index (χ0) is 14.5. The van der Waals surface area contributed by atoms with Crippen LogP contribution < -0.4 is 5.56 Å². The van der Waals surface area contributed by atoms with Crippen LogP contribution in [0.3, 0.4) is 0 Å². The van der Waals surface area contributed by atoms with E-state index in [0.717, 1.165) is 18.2 Å². The van der Waals surface area contributed by atoms with Crippen LogP contribution in [0.4, 0.5) is 0 Å². The van der Waals surface area contributed by atoms with E-state index >= 15 is 0 Å². The molecule has 0 N–H and O–H groups in total. The number of hydrogen-bond donors (Lipinski definition) is 0. The smallest absolute Gasteiger partial charge is 0.254 e. The fourth-order valence-electron chi connectivity index (χ4n) is 2.30. The van der Waals surface area contributed by atoms with Crippen molar-refractivity contribution in [3.8, 4) is 0 Å². The lowest BCUT2D eigenvalue weighted by Gasteiger charge is -2.31. The Morgan fingerprint density at radius 1 is 1.45 bits per heavy atom. The number of rotatable bonds is 4. The Bertz CT molecular complexity index is 521. The molecule has 0 unspecified atom stereocenters. The predicted molar refractivity (Wildman–Crippen MR) is 80.4 cm³/mol. The van der Waals surface area contributed by atoms with Crippen molar-refractivity contribution >= 4 is 21.8 Å². The number of aromatic nitrogens is 1. The number of likely N-dealkylation sites (tertiary alicyclic amines) is 1. The molecule has 0 aromatic carbocycles. The summed E-state index contributed by atoms with van der Waals surface area (Å²) in [5.74, 6) is -0.0679.